The molecule has 0 aromatic rings. The van der Waals surface area contributed by atoms with Crippen LogP contribution in [0.3, 0.4) is 0 Å². The van der Waals surface area contributed by atoms with Crippen LogP contribution in [0.1, 0.15) is 39.5 Å². The summed E-state index contributed by atoms with van der Waals surface area (Å²) in [4.78, 5) is 33.4. The summed E-state index contributed by atoms with van der Waals surface area (Å²) in [5.41, 5.74) is -1.22. The number of hydrogen-bond acceptors (Lipinski definition) is 6. The Balaban J connectivity index is 2.60. The van der Waals surface area contributed by atoms with Crippen molar-refractivity contribution >= 4 is 30.4 Å². The van der Waals surface area contributed by atoms with Crippen molar-refractivity contribution in [1.82, 2.24) is 0 Å². The Kier molecular flexibility index (Phi) is 7.01. The lowest BCUT2D eigenvalue weighted by Crippen LogP contribution is -2.41. The molecule has 0 amide bonds. The summed E-state index contributed by atoms with van der Waals surface area (Å²) in [6.07, 6.45) is 3.56. The Hall–Kier alpha value is -1.24. The number of ether oxygens (including phenoxy) is 3. The van der Waals surface area contributed by atoms with Crippen LogP contribution in [0, 0.1) is 11.3 Å². The summed E-state index contributed by atoms with van der Waals surface area (Å²) >= 11 is 3.49. The third-order valence-electron chi connectivity index (χ3n) is 3.71. The van der Waals surface area contributed by atoms with Crippen LogP contribution in [0.15, 0.2) is 0 Å². The molecule has 1 saturated carbocycles. The van der Waals surface area contributed by atoms with Crippen LogP contribution in [0.4, 0.5) is 4.79 Å². The third kappa shape index (κ3) is 5.95. The fourth-order valence-electron chi connectivity index (χ4n) is 2.24. The molecule has 0 aromatic carbocycles. The summed E-state index contributed by atoms with van der Waals surface area (Å²) in [7, 11) is 0. The average Bonchev–Trinajstić information content (AvgIpc) is 2.45. The minimum absolute atomic E-state index is 0.129. The Morgan fingerprint density at radius 1 is 1.24 bits per heavy atom. The van der Waals surface area contributed by atoms with Crippen LogP contribution in [0.2, 0.25) is 0 Å². The number of esters is 1. The summed E-state index contributed by atoms with van der Waals surface area (Å²) in [6, 6.07) is 0. The monoisotopic (exact) mass is 318 g/mol. The molecule has 0 aromatic heterocycles. The van der Waals surface area contributed by atoms with Crippen molar-refractivity contribution in [3.63, 3.8) is 0 Å². The van der Waals surface area contributed by atoms with Crippen LogP contribution in [0.25, 0.3) is 0 Å². The summed E-state index contributed by atoms with van der Waals surface area (Å²) in [5, 5.41) is -0.799. The lowest BCUT2D eigenvalue weighted by atomic mass is 9.88. The molecule has 21 heavy (non-hydrogen) atoms. The molecule has 0 bridgehead atoms. The van der Waals surface area contributed by atoms with Crippen molar-refractivity contribution < 1.29 is 28.6 Å². The van der Waals surface area contributed by atoms with Crippen LogP contribution in [-0.2, 0) is 23.8 Å². The van der Waals surface area contributed by atoms with E-state index in [-0.39, 0.29) is 25.8 Å². The van der Waals surface area contributed by atoms with E-state index in [1.54, 1.807) is 0 Å². The Labute approximate surface area is 129 Å². The van der Waals surface area contributed by atoms with E-state index < -0.39 is 16.7 Å². The number of thiol groups is 1. The highest BCUT2D eigenvalue weighted by Gasteiger charge is 2.39. The molecule has 1 rings (SSSR count). The van der Waals surface area contributed by atoms with Gasteiger partial charge in [0.1, 0.15) is 24.7 Å². The van der Waals surface area contributed by atoms with Gasteiger partial charge in [-0.25, -0.2) is 4.79 Å². The molecule has 0 N–H and O–H groups in total. The van der Waals surface area contributed by atoms with Crippen LogP contribution < -0.4 is 0 Å². The SMILES string of the molecule is CC1CCC(OC(=O)C(C)(COC=O)COC(=O)S)CC1. The smallest absolute Gasteiger partial charge is 0.364 e. The number of carbonyl (C=O) groups is 3. The van der Waals surface area contributed by atoms with Gasteiger partial charge in [-0.3, -0.25) is 9.59 Å². The predicted octanol–water partition coefficient (Wildman–Crippen LogP) is 2.35. The zero-order valence-corrected chi connectivity index (χ0v) is 13.3. The van der Waals surface area contributed by atoms with E-state index in [1.165, 1.54) is 6.92 Å². The number of hydrogen-bond donors (Lipinski definition) is 1. The highest BCUT2D eigenvalue weighted by atomic mass is 32.1. The Morgan fingerprint density at radius 2 is 1.86 bits per heavy atom. The highest BCUT2D eigenvalue weighted by Crippen LogP contribution is 2.28. The van der Waals surface area contributed by atoms with Crippen molar-refractivity contribution in [2.45, 2.75) is 45.6 Å². The molecule has 1 fully saturated rings. The van der Waals surface area contributed by atoms with Gasteiger partial charge in [0.15, 0.2) is 0 Å². The number of carbonyl (C=O) groups excluding carboxylic acids is 3. The maximum atomic E-state index is 12.3. The van der Waals surface area contributed by atoms with Crippen molar-refractivity contribution in [3.05, 3.63) is 0 Å². The van der Waals surface area contributed by atoms with Gasteiger partial charge in [-0.15, -0.1) is 0 Å². The average molecular weight is 318 g/mol. The molecule has 1 unspecified atom stereocenters. The van der Waals surface area contributed by atoms with E-state index >= 15 is 0 Å². The molecular weight excluding hydrogens is 296 g/mol. The zero-order chi connectivity index (χ0) is 15.9. The lowest BCUT2D eigenvalue weighted by molar-refractivity contribution is -0.169. The quantitative estimate of drug-likeness (QED) is 0.336. The second-order valence-electron chi connectivity index (χ2n) is 5.81. The van der Waals surface area contributed by atoms with Crippen LogP contribution in [-0.4, -0.2) is 37.1 Å². The second-order valence-corrected chi connectivity index (χ2v) is 6.17. The first kappa shape index (κ1) is 17.8. The Morgan fingerprint density at radius 3 is 2.38 bits per heavy atom. The molecule has 0 saturated heterocycles. The summed E-state index contributed by atoms with van der Waals surface area (Å²) in [6.45, 7) is 3.49. The van der Waals surface area contributed by atoms with E-state index in [1.807, 2.05) is 0 Å². The summed E-state index contributed by atoms with van der Waals surface area (Å²) in [5.74, 6) is 0.119. The van der Waals surface area contributed by atoms with Gasteiger partial charge in [0.05, 0.1) is 0 Å². The predicted molar refractivity (Wildman–Crippen MR) is 78.0 cm³/mol. The standard InChI is InChI=1S/C14H22O6S/c1-10-3-5-11(6-4-10)20-12(16)14(2,7-18-9-15)8-19-13(17)21/h9-11H,3-8H2,1-2H3,(H,17,21). The molecule has 1 atom stereocenters. The van der Waals surface area contributed by atoms with Gasteiger partial charge in [0, 0.05) is 0 Å². The molecule has 0 radical (unpaired) electrons. The van der Waals surface area contributed by atoms with E-state index in [2.05, 4.69) is 24.3 Å². The maximum Gasteiger partial charge on any atom is 0.364 e. The van der Waals surface area contributed by atoms with E-state index in [0.29, 0.717) is 5.92 Å². The first-order valence-corrected chi connectivity index (χ1v) is 7.44. The number of rotatable bonds is 7. The topological polar surface area (TPSA) is 78.9 Å². The lowest BCUT2D eigenvalue weighted by Gasteiger charge is -2.31. The highest BCUT2D eigenvalue weighted by molar-refractivity contribution is 7.96. The molecule has 1 aliphatic carbocycles. The molecular formula is C14H22O6S. The molecule has 1 aliphatic rings. The fourth-order valence-corrected chi connectivity index (χ4v) is 2.30. The molecule has 0 heterocycles. The van der Waals surface area contributed by atoms with Gasteiger partial charge in [0.2, 0.25) is 0 Å². The largest absolute Gasteiger partial charge is 0.467 e. The molecule has 0 aliphatic heterocycles. The first-order chi connectivity index (χ1) is 9.87. The van der Waals surface area contributed by atoms with Gasteiger partial charge in [-0.05, 0) is 38.5 Å². The third-order valence-corrected chi connectivity index (χ3v) is 3.84. The normalized spacial score (nSPS) is 24.5. The van der Waals surface area contributed by atoms with E-state index in [9.17, 15) is 14.4 Å². The minimum atomic E-state index is -1.22. The van der Waals surface area contributed by atoms with Gasteiger partial charge >= 0.3 is 11.3 Å². The van der Waals surface area contributed by atoms with Gasteiger partial charge in [-0.2, -0.15) is 0 Å². The van der Waals surface area contributed by atoms with Gasteiger partial charge < -0.3 is 14.2 Å². The minimum Gasteiger partial charge on any atom is -0.467 e. The molecule has 0 spiro atoms. The van der Waals surface area contributed by atoms with Gasteiger partial charge in [0.25, 0.3) is 6.47 Å². The first-order valence-electron chi connectivity index (χ1n) is 6.99. The van der Waals surface area contributed by atoms with E-state index in [4.69, 9.17) is 9.47 Å². The zero-order valence-electron chi connectivity index (χ0n) is 12.4. The van der Waals surface area contributed by atoms with Crippen molar-refractivity contribution in [2.75, 3.05) is 13.2 Å². The molecule has 120 valence electrons. The van der Waals surface area contributed by atoms with Crippen LogP contribution >= 0.6 is 12.6 Å². The summed E-state index contributed by atoms with van der Waals surface area (Å²) < 4.78 is 14.9. The van der Waals surface area contributed by atoms with Gasteiger partial charge in [-0.1, -0.05) is 19.6 Å². The fraction of sp³-hybridized carbons (Fsp3) is 0.786. The molecule has 6 nitrogen and oxygen atoms in total. The van der Waals surface area contributed by atoms with Crippen LogP contribution in [0.5, 0.6) is 0 Å². The van der Waals surface area contributed by atoms with E-state index in [0.717, 1.165) is 25.7 Å². The van der Waals surface area contributed by atoms with Crippen molar-refractivity contribution in [1.29, 1.82) is 0 Å². The van der Waals surface area contributed by atoms with Crippen molar-refractivity contribution in [3.8, 4) is 0 Å². The maximum absolute atomic E-state index is 12.3. The molecule has 7 heteroatoms. The second kappa shape index (κ2) is 8.26. The Bertz CT molecular complexity index is 378. The van der Waals surface area contributed by atoms with Crippen molar-refractivity contribution in [2.24, 2.45) is 11.3 Å².